The van der Waals surface area contributed by atoms with Crippen molar-refractivity contribution in [1.29, 1.82) is 0 Å². The highest BCUT2D eigenvalue weighted by atomic mass is 32.1. The molecule has 1 aromatic heterocycles. The van der Waals surface area contributed by atoms with Gasteiger partial charge in [-0.05, 0) is 5.56 Å². The Balaban J connectivity index is 1.73. The zero-order chi connectivity index (χ0) is 12.8. The van der Waals surface area contributed by atoms with Gasteiger partial charge in [-0.1, -0.05) is 30.3 Å². The lowest BCUT2D eigenvalue weighted by molar-refractivity contribution is 0.00523. The molecular weight excluding hydrogens is 252 g/mol. The molecule has 0 amide bonds. The predicted octanol–water partition coefficient (Wildman–Crippen LogP) is 3.00. The maximum absolute atomic E-state index is 10.7. The fourth-order valence-corrected chi connectivity index (χ4v) is 2.01. The summed E-state index contributed by atoms with van der Waals surface area (Å²) < 4.78 is 10.6. The second kappa shape index (κ2) is 6.18. The molecule has 0 fully saturated rings. The zero-order valence-corrected chi connectivity index (χ0v) is 10.4. The van der Waals surface area contributed by atoms with Gasteiger partial charge in [0.1, 0.15) is 10.6 Å². The summed E-state index contributed by atoms with van der Waals surface area (Å²) >= 11 is 1.13. The predicted molar refractivity (Wildman–Crippen MR) is 68.0 cm³/mol. The number of benzene rings is 1. The molecule has 0 aliphatic carbocycles. The lowest BCUT2D eigenvalue weighted by atomic mass is 10.2. The second-order valence-electron chi connectivity index (χ2n) is 3.55. The van der Waals surface area contributed by atoms with Gasteiger partial charge in [-0.2, -0.15) is 0 Å². The van der Waals surface area contributed by atoms with Gasteiger partial charge in [0, 0.05) is 11.4 Å². The van der Waals surface area contributed by atoms with Crippen LogP contribution in [0.3, 0.4) is 0 Å². The van der Waals surface area contributed by atoms with E-state index < -0.39 is 5.97 Å². The van der Waals surface area contributed by atoms with E-state index >= 15 is 0 Å². The molecule has 0 saturated carbocycles. The minimum Gasteiger partial charge on any atom is -0.477 e. The van der Waals surface area contributed by atoms with Crippen LogP contribution in [0, 0.1) is 0 Å². The topological polar surface area (TPSA) is 55.8 Å². The summed E-state index contributed by atoms with van der Waals surface area (Å²) in [6.45, 7) is 0.571. The second-order valence-corrected chi connectivity index (χ2v) is 4.46. The monoisotopic (exact) mass is 264 g/mol. The first-order chi connectivity index (χ1) is 8.75. The number of carbonyl (C=O) groups is 1. The number of ether oxygens (including phenoxy) is 2. The van der Waals surface area contributed by atoms with E-state index in [2.05, 4.69) is 0 Å². The molecule has 5 heteroatoms. The summed E-state index contributed by atoms with van der Waals surface area (Å²) in [4.78, 5) is 10.9. The highest BCUT2D eigenvalue weighted by molar-refractivity contribution is 7.12. The van der Waals surface area contributed by atoms with E-state index in [-0.39, 0.29) is 11.7 Å². The third kappa shape index (κ3) is 3.58. The van der Waals surface area contributed by atoms with Crippen molar-refractivity contribution in [3.05, 3.63) is 52.2 Å². The quantitative estimate of drug-likeness (QED) is 0.643. The van der Waals surface area contributed by atoms with Crippen LogP contribution >= 0.6 is 11.3 Å². The molecule has 0 aliphatic rings. The van der Waals surface area contributed by atoms with Crippen LogP contribution in [0.2, 0.25) is 0 Å². The van der Waals surface area contributed by atoms with Gasteiger partial charge in [-0.15, -0.1) is 11.3 Å². The Kier molecular flexibility index (Phi) is 4.33. The molecule has 2 rings (SSSR count). The van der Waals surface area contributed by atoms with Gasteiger partial charge in [0.25, 0.3) is 0 Å². The number of hydrogen-bond acceptors (Lipinski definition) is 4. The van der Waals surface area contributed by atoms with Crippen molar-refractivity contribution < 1.29 is 19.4 Å². The number of rotatable bonds is 6. The van der Waals surface area contributed by atoms with Crippen LogP contribution in [0.1, 0.15) is 15.2 Å². The summed E-state index contributed by atoms with van der Waals surface area (Å²) in [6, 6.07) is 11.2. The van der Waals surface area contributed by atoms with Gasteiger partial charge < -0.3 is 14.6 Å². The first-order valence-electron chi connectivity index (χ1n) is 5.32. The molecule has 2 aromatic rings. The van der Waals surface area contributed by atoms with Crippen molar-refractivity contribution in [1.82, 2.24) is 0 Å². The molecule has 0 atom stereocenters. The van der Waals surface area contributed by atoms with Crippen molar-refractivity contribution in [3.8, 4) is 5.75 Å². The highest BCUT2D eigenvalue weighted by Gasteiger charge is 2.07. The number of aromatic carboxylic acids is 1. The van der Waals surface area contributed by atoms with Crippen LogP contribution in [0.5, 0.6) is 5.75 Å². The molecule has 4 nitrogen and oxygen atoms in total. The Labute approximate surface area is 108 Å². The Morgan fingerprint density at radius 1 is 1.28 bits per heavy atom. The molecule has 0 radical (unpaired) electrons. The van der Waals surface area contributed by atoms with Crippen LogP contribution in [0.4, 0.5) is 0 Å². The average Bonchev–Trinajstić information content (AvgIpc) is 2.85. The van der Waals surface area contributed by atoms with E-state index in [9.17, 15) is 4.79 Å². The van der Waals surface area contributed by atoms with Crippen LogP contribution in [0.25, 0.3) is 0 Å². The number of hydrogen-bond donors (Lipinski definition) is 1. The van der Waals surface area contributed by atoms with Crippen molar-refractivity contribution in [2.75, 3.05) is 6.79 Å². The van der Waals surface area contributed by atoms with E-state index in [1.807, 2.05) is 30.3 Å². The summed E-state index contributed by atoms with van der Waals surface area (Å²) in [5, 5.41) is 10.4. The number of carboxylic acids is 1. The SMILES string of the molecule is O=C(O)c1cc(OCOCc2ccccc2)cs1. The fraction of sp³-hybridized carbons (Fsp3) is 0.154. The Bertz CT molecular complexity index is 507. The van der Waals surface area contributed by atoms with E-state index in [0.717, 1.165) is 16.9 Å². The smallest absolute Gasteiger partial charge is 0.346 e. The lowest BCUT2D eigenvalue weighted by Gasteiger charge is -2.05. The molecule has 1 aromatic carbocycles. The number of carboxylic acid groups (broad SMARTS) is 1. The van der Waals surface area contributed by atoms with E-state index in [1.165, 1.54) is 6.07 Å². The fourth-order valence-electron chi connectivity index (χ4n) is 1.35. The largest absolute Gasteiger partial charge is 0.477 e. The molecular formula is C13H12O4S. The van der Waals surface area contributed by atoms with E-state index in [4.69, 9.17) is 14.6 Å². The summed E-state index contributed by atoms with van der Waals surface area (Å²) in [7, 11) is 0. The van der Waals surface area contributed by atoms with Crippen molar-refractivity contribution in [3.63, 3.8) is 0 Å². The average molecular weight is 264 g/mol. The lowest BCUT2D eigenvalue weighted by Crippen LogP contribution is -2.02. The Hall–Kier alpha value is -1.85. The molecule has 1 heterocycles. The van der Waals surface area contributed by atoms with Gasteiger partial charge in [0.2, 0.25) is 0 Å². The molecule has 1 N–H and O–H groups in total. The van der Waals surface area contributed by atoms with E-state index in [1.54, 1.807) is 5.38 Å². The highest BCUT2D eigenvalue weighted by Crippen LogP contribution is 2.21. The minimum atomic E-state index is -0.944. The van der Waals surface area contributed by atoms with Crippen molar-refractivity contribution in [2.24, 2.45) is 0 Å². The van der Waals surface area contributed by atoms with Crippen LogP contribution in [0.15, 0.2) is 41.8 Å². The Morgan fingerprint density at radius 2 is 2.06 bits per heavy atom. The van der Waals surface area contributed by atoms with Gasteiger partial charge in [-0.3, -0.25) is 0 Å². The number of thiophene rings is 1. The summed E-state index contributed by atoms with van der Waals surface area (Å²) in [5.41, 5.74) is 1.07. The molecule has 0 unspecified atom stereocenters. The van der Waals surface area contributed by atoms with Crippen LogP contribution in [-0.4, -0.2) is 17.9 Å². The van der Waals surface area contributed by atoms with Crippen molar-refractivity contribution >= 4 is 17.3 Å². The Morgan fingerprint density at radius 3 is 2.72 bits per heavy atom. The van der Waals surface area contributed by atoms with E-state index in [0.29, 0.717) is 12.4 Å². The zero-order valence-electron chi connectivity index (χ0n) is 9.54. The summed E-state index contributed by atoms with van der Waals surface area (Å²) in [5.74, 6) is -0.425. The van der Waals surface area contributed by atoms with Crippen molar-refractivity contribution in [2.45, 2.75) is 6.61 Å². The standard InChI is InChI=1S/C13H12O4S/c14-13(15)12-6-11(8-18-12)17-9-16-7-10-4-2-1-3-5-10/h1-6,8H,7,9H2,(H,14,15). The third-order valence-corrected chi connectivity index (χ3v) is 3.10. The maximum atomic E-state index is 10.7. The maximum Gasteiger partial charge on any atom is 0.346 e. The molecule has 0 spiro atoms. The van der Waals surface area contributed by atoms with Gasteiger partial charge >= 0.3 is 5.97 Å². The third-order valence-electron chi connectivity index (χ3n) is 2.21. The molecule has 0 aliphatic heterocycles. The van der Waals surface area contributed by atoms with Gasteiger partial charge in [0.15, 0.2) is 6.79 Å². The van der Waals surface area contributed by atoms with Gasteiger partial charge in [-0.25, -0.2) is 4.79 Å². The molecule has 0 saturated heterocycles. The first-order valence-corrected chi connectivity index (χ1v) is 6.20. The van der Waals surface area contributed by atoms with Crippen LogP contribution in [-0.2, 0) is 11.3 Å². The minimum absolute atomic E-state index is 0.102. The van der Waals surface area contributed by atoms with Crippen LogP contribution < -0.4 is 4.74 Å². The molecule has 94 valence electrons. The molecule has 18 heavy (non-hydrogen) atoms. The molecule has 0 bridgehead atoms. The normalized spacial score (nSPS) is 10.2. The summed E-state index contributed by atoms with van der Waals surface area (Å²) in [6.07, 6.45) is 0. The first kappa shape index (κ1) is 12.6. The van der Waals surface area contributed by atoms with Gasteiger partial charge in [0.05, 0.1) is 6.61 Å².